The fourth-order valence-electron chi connectivity index (χ4n) is 4.14. The van der Waals surface area contributed by atoms with E-state index in [1.165, 1.54) is 16.2 Å². The van der Waals surface area contributed by atoms with Crippen LogP contribution in [-0.4, -0.2) is 28.4 Å². The number of carbonyl (C=O) groups excluding carboxylic acids is 2. The number of aliphatic hydroxyl groups excluding tert-OH is 1. The maximum Gasteiger partial charge on any atom is 0.301 e. The number of ketones is 1. The number of Topliss-reactive ketones (excluding diaryl/α,β-unsaturated/α-hetero) is 1. The number of amides is 1. The zero-order valence-electron chi connectivity index (χ0n) is 19.0. The van der Waals surface area contributed by atoms with Gasteiger partial charge in [0.05, 0.1) is 28.4 Å². The van der Waals surface area contributed by atoms with Gasteiger partial charge in [0.2, 0.25) is 0 Å². The number of rotatable bonds is 5. The fraction of sp³-hybridized carbons (Fsp3) is 0.148. The molecule has 0 spiro atoms. The van der Waals surface area contributed by atoms with Gasteiger partial charge >= 0.3 is 5.91 Å². The van der Waals surface area contributed by atoms with Crippen LogP contribution in [0.5, 0.6) is 5.75 Å². The molecule has 1 aliphatic rings. The molecule has 0 aliphatic carbocycles. The second kappa shape index (κ2) is 9.17. The summed E-state index contributed by atoms with van der Waals surface area (Å²) in [5, 5.41) is 12.1. The summed E-state index contributed by atoms with van der Waals surface area (Å²) < 4.78 is 6.46. The highest BCUT2D eigenvalue weighted by Gasteiger charge is 2.48. The number of nitrogens with zero attached hydrogens (tertiary/aromatic N) is 2. The van der Waals surface area contributed by atoms with Crippen molar-refractivity contribution in [2.24, 2.45) is 0 Å². The molecule has 35 heavy (non-hydrogen) atoms. The first-order valence-corrected chi connectivity index (χ1v) is 12.2. The van der Waals surface area contributed by atoms with Gasteiger partial charge < -0.3 is 9.84 Å². The van der Waals surface area contributed by atoms with E-state index in [2.05, 4.69) is 4.98 Å². The summed E-state index contributed by atoms with van der Waals surface area (Å²) in [7, 11) is 0. The Labute approximate surface area is 211 Å². The summed E-state index contributed by atoms with van der Waals surface area (Å²) >= 11 is 7.33. The number of hydrogen-bond donors (Lipinski definition) is 1. The smallest absolute Gasteiger partial charge is 0.301 e. The molecule has 2 heterocycles. The zero-order chi connectivity index (χ0) is 24.7. The quantitative estimate of drug-likeness (QED) is 0.196. The van der Waals surface area contributed by atoms with Crippen LogP contribution in [0.2, 0.25) is 5.02 Å². The molecule has 1 atom stereocenters. The van der Waals surface area contributed by atoms with Crippen LogP contribution in [0.25, 0.3) is 16.0 Å². The van der Waals surface area contributed by atoms with Crippen molar-refractivity contribution in [2.45, 2.75) is 19.9 Å². The second-order valence-corrected chi connectivity index (χ2v) is 9.59. The molecule has 1 aliphatic heterocycles. The van der Waals surface area contributed by atoms with Gasteiger partial charge in [-0.2, -0.15) is 0 Å². The van der Waals surface area contributed by atoms with Gasteiger partial charge in [-0.05, 0) is 73.5 Å². The Morgan fingerprint density at radius 3 is 2.49 bits per heavy atom. The first-order chi connectivity index (χ1) is 16.9. The molecule has 176 valence electrons. The average Bonchev–Trinajstić information content (AvgIpc) is 3.37. The Balaban J connectivity index is 1.70. The number of thiazole rings is 1. The van der Waals surface area contributed by atoms with Gasteiger partial charge in [0.25, 0.3) is 5.78 Å². The van der Waals surface area contributed by atoms with E-state index in [1.807, 2.05) is 32.0 Å². The monoisotopic (exact) mass is 504 g/mol. The van der Waals surface area contributed by atoms with Crippen LogP contribution in [-0.2, 0) is 9.59 Å². The minimum Gasteiger partial charge on any atom is -0.507 e. The molecule has 0 bridgehead atoms. The zero-order valence-corrected chi connectivity index (χ0v) is 20.6. The Kier molecular flexibility index (Phi) is 6.05. The maximum atomic E-state index is 13.4. The van der Waals surface area contributed by atoms with Crippen LogP contribution in [0.4, 0.5) is 5.13 Å². The third-order valence-electron chi connectivity index (χ3n) is 5.81. The van der Waals surface area contributed by atoms with Crippen molar-refractivity contribution < 1.29 is 19.4 Å². The Hall–Kier alpha value is -3.68. The molecule has 1 aromatic heterocycles. The summed E-state index contributed by atoms with van der Waals surface area (Å²) in [6.45, 7) is 4.39. The molecule has 6 nitrogen and oxygen atoms in total. The van der Waals surface area contributed by atoms with Gasteiger partial charge in [-0.15, -0.1) is 0 Å². The lowest BCUT2D eigenvalue weighted by Crippen LogP contribution is -2.29. The predicted octanol–water partition coefficient (Wildman–Crippen LogP) is 6.28. The first-order valence-electron chi connectivity index (χ1n) is 11.0. The number of fused-ring (bicyclic) bond motifs is 1. The second-order valence-electron chi connectivity index (χ2n) is 8.15. The molecule has 8 heteroatoms. The molecule has 1 fully saturated rings. The number of anilines is 1. The lowest BCUT2D eigenvalue weighted by atomic mass is 9.95. The number of hydrogen-bond acceptors (Lipinski definition) is 6. The molecule has 1 saturated heterocycles. The third kappa shape index (κ3) is 4.17. The van der Waals surface area contributed by atoms with Gasteiger partial charge in [-0.3, -0.25) is 14.5 Å². The largest absolute Gasteiger partial charge is 0.507 e. The van der Waals surface area contributed by atoms with Crippen molar-refractivity contribution in [2.75, 3.05) is 11.5 Å². The summed E-state index contributed by atoms with van der Waals surface area (Å²) in [6.07, 6.45) is 0. The Morgan fingerprint density at radius 2 is 1.80 bits per heavy atom. The van der Waals surface area contributed by atoms with Gasteiger partial charge in [0.15, 0.2) is 5.13 Å². The topological polar surface area (TPSA) is 79.7 Å². The third-order valence-corrected chi connectivity index (χ3v) is 7.08. The fourth-order valence-corrected chi connectivity index (χ4v) is 5.36. The number of halogens is 1. The van der Waals surface area contributed by atoms with E-state index in [9.17, 15) is 14.7 Å². The number of benzene rings is 3. The van der Waals surface area contributed by atoms with Crippen LogP contribution < -0.4 is 9.64 Å². The summed E-state index contributed by atoms with van der Waals surface area (Å²) in [4.78, 5) is 32.7. The Bertz CT molecular complexity index is 1480. The molecule has 0 saturated carbocycles. The van der Waals surface area contributed by atoms with E-state index in [0.29, 0.717) is 33.6 Å². The van der Waals surface area contributed by atoms with E-state index >= 15 is 0 Å². The predicted molar refractivity (Wildman–Crippen MR) is 138 cm³/mol. The van der Waals surface area contributed by atoms with Crippen LogP contribution in [0.3, 0.4) is 0 Å². The lowest BCUT2D eigenvalue weighted by Gasteiger charge is -2.23. The number of ether oxygens (including phenoxy) is 1. The van der Waals surface area contributed by atoms with Gasteiger partial charge in [-0.1, -0.05) is 41.1 Å². The van der Waals surface area contributed by atoms with E-state index in [1.54, 1.807) is 48.5 Å². The minimum absolute atomic E-state index is 0.00285. The summed E-state index contributed by atoms with van der Waals surface area (Å²) in [6, 6.07) is 18.6. The van der Waals surface area contributed by atoms with Gasteiger partial charge in [0.1, 0.15) is 11.5 Å². The number of carbonyl (C=O) groups is 2. The molecule has 5 rings (SSSR count). The highest BCUT2D eigenvalue weighted by Crippen LogP contribution is 2.44. The van der Waals surface area contributed by atoms with Crippen molar-refractivity contribution in [3.8, 4) is 5.75 Å². The molecule has 1 unspecified atom stereocenters. The normalized spacial score (nSPS) is 17.3. The maximum absolute atomic E-state index is 13.4. The Morgan fingerprint density at radius 1 is 1.09 bits per heavy atom. The van der Waals surface area contributed by atoms with Crippen molar-refractivity contribution in [3.63, 3.8) is 0 Å². The highest BCUT2D eigenvalue weighted by atomic mass is 35.5. The van der Waals surface area contributed by atoms with Crippen molar-refractivity contribution >= 4 is 55.7 Å². The van der Waals surface area contributed by atoms with Crippen molar-refractivity contribution in [1.82, 2.24) is 4.98 Å². The summed E-state index contributed by atoms with van der Waals surface area (Å²) in [5.41, 5.74) is 2.85. The average molecular weight is 505 g/mol. The highest BCUT2D eigenvalue weighted by molar-refractivity contribution is 7.22. The van der Waals surface area contributed by atoms with E-state index in [-0.39, 0.29) is 11.3 Å². The van der Waals surface area contributed by atoms with Crippen LogP contribution in [0.1, 0.15) is 29.7 Å². The number of aromatic nitrogens is 1. The van der Waals surface area contributed by atoms with Crippen LogP contribution >= 0.6 is 22.9 Å². The molecule has 1 amide bonds. The van der Waals surface area contributed by atoms with Gasteiger partial charge in [-0.25, -0.2) is 4.98 Å². The molecule has 0 radical (unpaired) electrons. The lowest BCUT2D eigenvalue weighted by molar-refractivity contribution is -0.132. The van der Waals surface area contributed by atoms with E-state index in [4.69, 9.17) is 16.3 Å². The standard InChI is InChI=1S/C27H21ClN2O4S/c1-3-34-19-11-7-16(8-12-19)23-22(24(31)17-5-9-18(28)10-6-17)25(32)26(33)30(23)27-29-20-13-4-15(2)14-21(20)35-27/h4-14,23,31H,3H2,1-2H3. The molecule has 1 N–H and O–H groups in total. The molecule has 4 aromatic rings. The SMILES string of the molecule is CCOc1ccc(C2C(=C(O)c3ccc(Cl)cc3)C(=O)C(=O)N2c2nc3ccc(C)cc3s2)cc1. The van der Waals surface area contributed by atoms with Crippen LogP contribution in [0.15, 0.2) is 72.3 Å². The van der Waals surface area contributed by atoms with Crippen molar-refractivity contribution in [1.29, 1.82) is 0 Å². The minimum atomic E-state index is -0.858. The van der Waals surface area contributed by atoms with Gasteiger partial charge in [0, 0.05) is 10.6 Å². The molecular weight excluding hydrogens is 484 g/mol. The molecule has 3 aromatic carbocycles. The van der Waals surface area contributed by atoms with E-state index < -0.39 is 17.7 Å². The number of aryl methyl sites for hydroxylation is 1. The number of aliphatic hydroxyl groups is 1. The van der Waals surface area contributed by atoms with Crippen molar-refractivity contribution in [3.05, 3.63) is 94.0 Å². The molecular formula is C27H21ClN2O4S. The first kappa shape index (κ1) is 23.1. The van der Waals surface area contributed by atoms with Crippen LogP contribution in [0, 0.1) is 6.92 Å². The van der Waals surface area contributed by atoms with E-state index in [0.717, 1.165) is 15.8 Å². The summed E-state index contributed by atoms with van der Waals surface area (Å²) in [5.74, 6) is -1.11.